The van der Waals surface area contributed by atoms with Crippen LogP contribution in [-0.2, 0) is 0 Å². The highest BCUT2D eigenvalue weighted by molar-refractivity contribution is 6.10. The largest absolute Gasteiger partial charge is 0.455 e. The molecule has 9 aromatic carbocycles. The first kappa shape index (κ1) is 34.3. The molecule has 276 valence electrons. The second-order valence-electron chi connectivity index (χ2n) is 14.8. The zero-order valence-electron chi connectivity index (χ0n) is 32.0. The van der Waals surface area contributed by atoms with Crippen molar-refractivity contribution in [1.29, 1.82) is 0 Å². The van der Waals surface area contributed by atoms with Crippen LogP contribution in [0.1, 0.15) is 0 Å². The van der Waals surface area contributed by atoms with E-state index in [1.54, 1.807) is 0 Å². The molecule has 0 atom stereocenters. The first-order valence-electron chi connectivity index (χ1n) is 19.8. The summed E-state index contributed by atoms with van der Waals surface area (Å²) >= 11 is 0. The van der Waals surface area contributed by atoms with Gasteiger partial charge in [-0.15, -0.1) is 0 Å². The van der Waals surface area contributed by atoms with E-state index in [4.69, 9.17) is 19.4 Å². The van der Waals surface area contributed by atoms with Gasteiger partial charge in [-0.05, 0) is 67.9 Å². The molecule has 4 nitrogen and oxygen atoms in total. The lowest BCUT2D eigenvalue weighted by Crippen LogP contribution is -2.00. The number of rotatable bonds is 7. The molecule has 0 saturated heterocycles. The molecule has 11 aromatic rings. The zero-order chi connectivity index (χ0) is 39.1. The van der Waals surface area contributed by atoms with Crippen molar-refractivity contribution >= 4 is 32.7 Å². The van der Waals surface area contributed by atoms with Gasteiger partial charge in [0.15, 0.2) is 17.5 Å². The van der Waals surface area contributed by atoms with Gasteiger partial charge in [-0.2, -0.15) is 0 Å². The predicted octanol–water partition coefficient (Wildman–Crippen LogP) is 14.6. The quantitative estimate of drug-likeness (QED) is 0.163. The van der Waals surface area contributed by atoms with Crippen LogP contribution in [0.25, 0.3) is 111 Å². The van der Waals surface area contributed by atoms with Crippen LogP contribution in [0.2, 0.25) is 0 Å². The van der Waals surface area contributed by atoms with E-state index in [0.29, 0.717) is 17.5 Å². The van der Waals surface area contributed by atoms with Crippen molar-refractivity contribution in [2.45, 2.75) is 0 Å². The van der Waals surface area contributed by atoms with Gasteiger partial charge in [0.05, 0.1) is 0 Å². The van der Waals surface area contributed by atoms with Gasteiger partial charge in [0.2, 0.25) is 0 Å². The molecule has 0 aliphatic heterocycles. The van der Waals surface area contributed by atoms with Gasteiger partial charge in [-0.3, -0.25) is 0 Å². The minimum atomic E-state index is 0.614. The molecule has 0 fully saturated rings. The van der Waals surface area contributed by atoms with Gasteiger partial charge < -0.3 is 4.42 Å². The minimum absolute atomic E-state index is 0.614. The van der Waals surface area contributed by atoms with Crippen LogP contribution in [0, 0.1) is 0 Å². The Labute approximate surface area is 341 Å². The summed E-state index contributed by atoms with van der Waals surface area (Å²) in [5.74, 6) is 1.86. The number of para-hydroxylation sites is 1. The minimum Gasteiger partial charge on any atom is -0.455 e. The highest BCUT2D eigenvalue weighted by Crippen LogP contribution is 2.38. The third kappa shape index (κ3) is 6.53. The van der Waals surface area contributed by atoms with Gasteiger partial charge in [0.1, 0.15) is 11.2 Å². The van der Waals surface area contributed by atoms with E-state index in [1.165, 1.54) is 21.9 Å². The maximum atomic E-state index is 6.56. The molecule has 59 heavy (non-hydrogen) atoms. The zero-order valence-corrected chi connectivity index (χ0v) is 32.0. The molecule has 0 bridgehead atoms. The van der Waals surface area contributed by atoms with Crippen molar-refractivity contribution in [2.24, 2.45) is 0 Å². The summed E-state index contributed by atoms with van der Waals surface area (Å²) in [7, 11) is 0. The summed E-state index contributed by atoms with van der Waals surface area (Å²) in [5, 5.41) is 4.67. The molecule has 11 rings (SSSR count). The molecular formula is C55H35N3O. The summed E-state index contributed by atoms with van der Waals surface area (Å²) in [6.07, 6.45) is 0. The summed E-state index contributed by atoms with van der Waals surface area (Å²) in [6, 6.07) is 74.1. The topological polar surface area (TPSA) is 51.8 Å². The number of furan rings is 1. The molecule has 0 spiro atoms. The van der Waals surface area contributed by atoms with Crippen molar-refractivity contribution in [3.8, 4) is 78.7 Å². The second-order valence-corrected chi connectivity index (χ2v) is 14.8. The molecule has 0 aliphatic rings. The van der Waals surface area contributed by atoms with Crippen LogP contribution in [-0.4, -0.2) is 15.0 Å². The summed E-state index contributed by atoms with van der Waals surface area (Å²) < 4.78 is 6.56. The Hall–Kier alpha value is -7.95. The van der Waals surface area contributed by atoms with Gasteiger partial charge >= 0.3 is 0 Å². The van der Waals surface area contributed by atoms with E-state index < -0.39 is 0 Å². The lowest BCUT2D eigenvalue weighted by atomic mass is 10.00. The lowest BCUT2D eigenvalue weighted by molar-refractivity contribution is 0.670. The van der Waals surface area contributed by atoms with Crippen molar-refractivity contribution in [3.05, 3.63) is 212 Å². The van der Waals surface area contributed by atoms with E-state index in [9.17, 15) is 0 Å². The molecule has 0 radical (unpaired) electrons. The molecule has 2 heterocycles. The Morgan fingerprint density at radius 3 is 1.31 bits per heavy atom. The number of hydrogen-bond donors (Lipinski definition) is 0. The standard InChI is InChI=1S/C55H35N3O/c1-3-10-36(11-4-1)38-18-25-42(26-19-38)53-56-54(43-27-20-39(21-28-43)46-31-24-37-12-7-8-15-45(37)34-46)58-55(57-53)44-29-22-40(23-30-44)47-32-33-49-50-17-9-16-48(41-13-5-2-6-14-41)52(50)59-51(49)35-47/h1-35H. The summed E-state index contributed by atoms with van der Waals surface area (Å²) in [6.45, 7) is 0. The molecule has 0 N–H and O–H groups in total. The van der Waals surface area contributed by atoms with E-state index in [0.717, 1.165) is 72.0 Å². The average Bonchev–Trinajstić information content (AvgIpc) is 3.70. The fourth-order valence-electron chi connectivity index (χ4n) is 8.02. The van der Waals surface area contributed by atoms with Crippen LogP contribution in [0.15, 0.2) is 217 Å². The third-order valence-electron chi connectivity index (χ3n) is 11.2. The monoisotopic (exact) mass is 753 g/mol. The highest BCUT2D eigenvalue weighted by atomic mass is 16.3. The van der Waals surface area contributed by atoms with E-state index in [1.807, 2.05) is 12.1 Å². The van der Waals surface area contributed by atoms with Gasteiger partial charge in [0.25, 0.3) is 0 Å². The van der Waals surface area contributed by atoms with Crippen LogP contribution in [0.3, 0.4) is 0 Å². The van der Waals surface area contributed by atoms with Crippen molar-refractivity contribution < 1.29 is 4.42 Å². The third-order valence-corrected chi connectivity index (χ3v) is 11.2. The van der Waals surface area contributed by atoms with E-state index >= 15 is 0 Å². The van der Waals surface area contributed by atoms with Crippen molar-refractivity contribution in [3.63, 3.8) is 0 Å². The second kappa shape index (κ2) is 14.5. The fraction of sp³-hybridized carbons (Fsp3) is 0. The Balaban J connectivity index is 0.950. The Morgan fingerprint density at radius 2 is 0.712 bits per heavy atom. The van der Waals surface area contributed by atoms with E-state index in [2.05, 4.69) is 200 Å². The van der Waals surface area contributed by atoms with Crippen LogP contribution < -0.4 is 0 Å². The Bertz CT molecular complexity index is 3280. The first-order chi connectivity index (χ1) is 29.2. The number of hydrogen-bond acceptors (Lipinski definition) is 4. The molecule has 2 aromatic heterocycles. The average molecular weight is 754 g/mol. The number of aromatic nitrogens is 3. The van der Waals surface area contributed by atoms with Crippen LogP contribution >= 0.6 is 0 Å². The molecule has 4 heteroatoms. The smallest absolute Gasteiger partial charge is 0.164 e. The summed E-state index contributed by atoms with van der Waals surface area (Å²) in [4.78, 5) is 15.2. The van der Waals surface area contributed by atoms with Gasteiger partial charge in [-0.25, -0.2) is 15.0 Å². The number of nitrogens with zero attached hydrogens (tertiary/aromatic N) is 3. The maximum Gasteiger partial charge on any atom is 0.164 e. The SMILES string of the molecule is c1ccc(-c2ccc(-c3nc(-c4ccc(-c5ccc6ccccc6c5)cc4)nc(-c4ccc(-c5ccc6c(c5)oc5c(-c7ccccc7)cccc56)cc4)n3)cc2)cc1. The van der Waals surface area contributed by atoms with Gasteiger partial charge in [0, 0.05) is 33.0 Å². The Morgan fingerprint density at radius 1 is 0.271 bits per heavy atom. The number of fused-ring (bicyclic) bond motifs is 4. The first-order valence-corrected chi connectivity index (χ1v) is 19.8. The maximum absolute atomic E-state index is 6.56. The normalized spacial score (nSPS) is 11.4. The fourth-order valence-corrected chi connectivity index (χ4v) is 8.02. The molecule has 0 saturated carbocycles. The Kier molecular flexibility index (Phi) is 8.45. The summed E-state index contributed by atoms with van der Waals surface area (Å²) in [5.41, 5.74) is 13.5. The highest BCUT2D eigenvalue weighted by Gasteiger charge is 2.16. The molecule has 0 amide bonds. The van der Waals surface area contributed by atoms with Gasteiger partial charge in [-0.1, -0.05) is 194 Å². The molecular weight excluding hydrogens is 719 g/mol. The van der Waals surface area contributed by atoms with E-state index in [-0.39, 0.29) is 0 Å². The molecule has 0 unspecified atom stereocenters. The lowest BCUT2D eigenvalue weighted by Gasteiger charge is -2.10. The number of benzene rings is 9. The predicted molar refractivity (Wildman–Crippen MR) is 243 cm³/mol. The van der Waals surface area contributed by atoms with Crippen LogP contribution in [0.5, 0.6) is 0 Å². The van der Waals surface area contributed by atoms with Crippen molar-refractivity contribution in [2.75, 3.05) is 0 Å². The van der Waals surface area contributed by atoms with Crippen LogP contribution in [0.4, 0.5) is 0 Å². The molecule has 0 aliphatic carbocycles. The van der Waals surface area contributed by atoms with Crippen molar-refractivity contribution in [1.82, 2.24) is 15.0 Å².